The molecule has 0 aliphatic carbocycles. The molecular weight excluding hydrogens is 212 g/mol. The number of nitrogens with zero attached hydrogens (tertiary/aromatic N) is 1. The summed E-state index contributed by atoms with van der Waals surface area (Å²) in [5, 5.41) is 0.474. The number of thiazole rings is 1. The lowest BCUT2D eigenvalue weighted by atomic mass is 10.3. The van der Waals surface area contributed by atoms with Crippen LogP contribution in [0.2, 0.25) is 0 Å². The average molecular weight is 222 g/mol. The van der Waals surface area contributed by atoms with E-state index in [0.717, 1.165) is 4.88 Å². The molecule has 0 unspecified atom stereocenters. The molecule has 1 rings (SSSR count). The van der Waals surface area contributed by atoms with Crippen molar-refractivity contribution < 1.29 is 13.0 Å². The van der Waals surface area contributed by atoms with Crippen LogP contribution in [0.25, 0.3) is 0 Å². The summed E-state index contributed by atoms with van der Waals surface area (Å²) in [5.41, 5.74) is 5.38. The van der Waals surface area contributed by atoms with Crippen LogP contribution in [0.15, 0.2) is 6.20 Å². The zero-order valence-electron chi connectivity index (χ0n) is 6.80. The molecule has 0 aromatic carbocycles. The Hall–Kier alpha value is -0.660. The Bertz CT molecular complexity index is 371. The second-order valence-electron chi connectivity index (χ2n) is 2.55. The van der Waals surface area contributed by atoms with Gasteiger partial charge in [-0.3, -0.25) is 4.55 Å². The minimum atomic E-state index is -3.83. The van der Waals surface area contributed by atoms with Crippen molar-refractivity contribution in [1.29, 1.82) is 0 Å². The van der Waals surface area contributed by atoms with Crippen molar-refractivity contribution in [2.75, 3.05) is 11.5 Å². The Labute approximate surface area is 80.4 Å². The third-order valence-corrected chi connectivity index (χ3v) is 3.09. The van der Waals surface area contributed by atoms with E-state index in [4.69, 9.17) is 10.3 Å². The second-order valence-corrected chi connectivity index (χ2v) is 5.27. The Morgan fingerprint density at radius 3 is 2.77 bits per heavy atom. The fourth-order valence-electron chi connectivity index (χ4n) is 0.867. The Morgan fingerprint density at radius 1 is 1.62 bits per heavy atom. The molecule has 0 fully saturated rings. The SMILES string of the molecule is Nc1ncc(CCCS(=O)(=O)O)s1. The van der Waals surface area contributed by atoms with Crippen LogP contribution in [0.5, 0.6) is 0 Å². The second kappa shape index (κ2) is 4.03. The van der Waals surface area contributed by atoms with Gasteiger partial charge in [-0.05, 0) is 12.8 Å². The summed E-state index contributed by atoms with van der Waals surface area (Å²) in [5.74, 6) is -0.217. The van der Waals surface area contributed by atoms with Gasteiger partial charge in [-0.15, -0.1) is 11.3 Å². The van der Waals surface area contributed by atoms with Crippen molar-refractivity contribution in [1.82, 2.24) is 4.98 Å². The van der Waals surface area contributed by atoms with Crippen LogP contribution in [-0.4, -0.2) is 23.7 Å². The number of nitrogen functional groups attached to an aromatic ring is 1. The van der Waals surface area contributed by atoms with Crippen LogP contribution in [0.3, 0.4) is 0 Å². The molecule has 7 heteroatoms. The summed E-state index contributed by atoms with van der Waals surface area (Å²) in [6.45, 7) is 0. The van der Waals surface area contributed by atoms with Gasteiger partial charge in [0.1, 0.15) is 0 Å². The van der Waals surface area contributed by atoms with Crippen molar-refractivity contribution >= 4 is 26.6 Å². The van der Waals surface area contributed by atoms with E-state index in [1.807, 2.05) is 0 Å². The predicted octanol–water partition coefficient (Wildman–Crippen LogP) is 0.546. The summed E-state index contributed by atoms with van der Waals surface area (Å²) in [6, 6.07) is 0. The lowest BCUT2D eigenvalue weighted by Gasteiger charge is -1.94. The normalized spacial score (nSPS) is 11.8. The Kier molecular flexibility index (Phi) is 3.23. The molecule has 1 aromatic heterocycles. The monoisotopic (exact) mass is 222 g/mol. The van der Waals surface area contributed by atoms with E-state index in [0.29, 0.717) is 18.0 Å². The van der Waals surface area contributed by atoms with Crippen LogP contribution in [0.1, 0.15) is 11.3 Å². The molecule has 0 bridgehead atoms. The number of anilines is 1. The minimum absolute atomic E-state index is 0.217. The highest BCUT2D eigenvalue weighted by molar-refractivity contribution is 7.85. The van der Waals surface area contributed by atoms with Gasteiger partial charge in [0.2, 0.25) is 0 Å². The number of hydrogen-bond donors (Lipinski definition) is 2. The minimum Gasteiger partial charge on any atom is -0.375 e. The molecule has 74 valence electrons. The standard InChI is InChI=1S/C6H10N2O3S2/c7-6-8-4-5(12-6)2-1-3-13(9,10)11/h4H,1-3H2,(H2,7,8)(H,9,10,11). The molecule has 0 aliphatic rings. The van der Waals surface area contributed by atoms with Gasteiger partial charge in [0.25, 0.3) is 10.1 Å². The number of hydrogen-bond acceptors (Lipinski definition) is 5. The highest BCUT2D eigenvalue weighted by Gasteiger charge is 2.05. The fourth-order valence-corrected chi connectivity index (χ4v) is 2.10. The largest absolute Gasteiger partial charge is 0.375 e. The van der Waals surface area contributed by atoms with Gasteiger partial charge in [-0.25, -0.2) is 4.98 Å². The third-order valence-electron chi connectivity index (χ3n) is 1.40. The maximum Gasteiger partial charge on any atom is 0.264 e. The van der Waals surface area contributed by atoms with E-state index in [2.05, 4.69) is 4.98 Å². The molecule has 0 saturated heterocycles. The Balaban J connectivity index is 2.36. The first-order valence-corrected chi connectivity index (χ1v) is 6.05. The van der Waals surface area contributed by atoms with Gasteiger partial charge in [0.05, 0.1) is 5.75 Å². The Morgan fingerprint density at radius 2 is 2.31 bits per heavy atom. The summed E-state index contributed by atoms with van der Waals surface area (Å²) < 4.78 is 29.1. The van der Waals surface area contributed by atoms with Crippen LogP contribution in [0.4, 0.5) is 5.13 Å². The number of rotatable bonds is 4. The smallest absolute Gasteiger partial charge is 0.264 e. The van der Waals surface area contributed by atoms with Crippen molar-refractivity contribution in [3.05, 3.63) is 11.1 Å². The highest BCUT2D eigenvalue weighted by Crippen LogP contribution is 2.15. The van der Waals surface area contributed by atoms with E-state index < -0.39 is 10.1 Å². The summed E-state index contributed by atoms with van der Waals surface area (Å²) in [7, 11) is -3.83. The first-order valence-electron chi connectivity index (χ1n) is 3.63. The zero-order valence-corrected chi connectivity index (χ0v) is 8.44. The van der Waals surface area contributed by atoms with Gasteiger partial charge in [-0.2, -0.15) is 8.42 Å². The van der Waals surface area contributed by atoms with Crippen LogP contribution >= 0.6 is 11.3 Å². The molecule has 0 amide bonds. The van der Waals surface area contributed by atoms with E-state index in [1.165, 1.54) is 11.3 Å². The molecule has 1 aromatic rings. The number of nitrogens with two attached hydrogens (primary N) is 1. The first-order chi connectivity index (χ1) is 5.97. The molecule has 0 aliphatic heterocycles. The van der Waals surface area contributed by atoms with Crippen molar-refractivity contribution in [3.63, 3.8) is 0 Å². The molecule has 5 nitrogen and oxygen atoms in total. The fraction of sp³-hybridized carbons (Fsp3) is 0.500. The molecule has 1 heterocycles. The summed E-state index contributed by atoms with van der Waals surface area (Å²) >= 11 is 1.33. The van der Waals surface area contributed by atoms with Crippen LogP contribution in [-0.2, 0) is 16.5 Å². The van der Waals surface area contributed by atoms with Crippen molar-refractivity contribution in [2.45, 2.75) is 12.8 Å². The van der Waals surface area contributed by atoms with Gasteiger partial charge in [0, 0.05) is 11.1 Å². The lowest BCUT2D eigenvalue weighted by molar-refractivity contribution is 0.481. The topological polar surface area (TPSA) is 93.3 Å². The molecule has 13 heavy (non-hydrogen) atoms. The predicted molar refractivity (Wildman–Crippen MR) is 51.3 cm³/mol. The number of aryl methyl sites for hydroxylation is 1. The molecule has 3 N–H and O–H groups in total. The maximum atomic E-state index is 10.3. The molecule has 0 radical (unpaired) electrons. The number of aromatic nitrogens is 1. The highest BCUT2D eigenvalue weighted by atomic mass is 32.2. The van der Waals surface area contributed by atoms with Gasteiger partial charge in [0.15, 0.2) is 5.13 Å². The third kappa shape index (κ3) is 4.20. The summed E-state index contributed by atoms with van der Waals surface area (Å²) in [6.07, 6.45) is 2.58. The molecule has 0 spiro atoms. The first kappa shape index (κ1) is 10.4. The van der Waals surface area contributed by atoms with Gasteiger partial charge >= 0.3 is 0 Å². The molecule has 0 atom stereocenters. The van der Waals surface area contributed by atoms with Crippen LogP contribution in [0, 0.1) is 0 Å². The maximum absolute atomic E-state index is 10.3. The average Bonchev–Trinajstić information content (AvgIpc) is 2.33. The zero-order chi connectivity index (χ0) is 9.90. The van der Waals surface area contributed by atoms with E-state index in [1.54, 1.807) is 6.20 Å². The summed E-state index contributed by atoms with van der Waals surface area (Å²) in [4.78, 5) is 4.75. The van der Waals surface area contributed by atoms with E-state index in [9.17, 15) is 8.42 Å². The molecule has 0 saturated carbocycles. The molecular formula is C6H10N2O3S2. The van der Waals surface area contributed by atoms with Crippen molar-refractivity contribution in [2.24, 2.45) is 0 Å². The quantitative estimate of drug-likeness (QED) is 0.725. The van der Waals surface area contributed by atoms with Crippen molar-refractivity contribution in [3.8, 4) is 0 Å². The van der Waals surface area contributed by atoms with Gasteiger partial charge in [-0.1, -0.05) is 0 Å². The van der Waals surface area contributed by atoms with Gasteiger partial charge < -0.3 is 5.73 Å². The van der Waals surface area contributed by atoms with E-state index >= 15 is 0 Å². The van der Waals surface area contributed by atoms with Crippen LogP contribution < -0.4 is 5.73 Å². The van der Waals surface area contributed by atoms with E-state index in [-0.39, 0.29) is 5.75 Å². The lowest BCUT2D eigenvalue weighted by Crippen LogP contribution is -2.04.